The van der Waals surface area contributed by atoms with E-state index in [2.05, 4.69) is 18.7 Å². The smallest absolute Gasteiger partial charge is 0.320 e. The maximum Gasteiger partial charge on any atom is 0.320 e. The Kier molecular flexibility index (Phi) is 26.8. The van der Waals surface area contributed by atoms with Gasteiger partial charge in [0.25, 0.3) is 0 Å². The summed E-state index contributed by atoms with van der Waals surface area (Å²) in [5.74, 6) is -2.49. The van der Waals surface area contributed by atoms with Gasteiger partial charge in [0.05, 0.1) is 12.5 Å². The number of aliphatic hydroxyl groups is 1. The number of carbonyl (C=O) groups is 3. The highest BCUT2D eigenvalue weighted by Gasteiger charge is 2.40. The number of aliphatic carboxylic acids is 2. The maximum absolute atomic E-state index is 12.8. The third kappa shape index (κ3) is 21.6. The van der Waals surface area contributed by atoms with Crippen molar-refractivity contribution in [3.8, 4) is 0 Å². The van der Waals surface area contributed by atoms with Gasteiger partial charge in [-0.1, -0.05) is 110 Å². The Morgan fingerprint density at radius 2 is 1.07 bits per heavy atom. The zero-order valence-corrected chi connectivity index (χ0v) is 28.1. The van der Waals surface area contributed by atoms with Crippen LogP contribution < -0.4 is 0 Å². The van der Waals surface area contributed by atoms with E-state index in [1.54, 1.807) is 0 Å². The van der Waals surface area contributed by atoms with Crippen molar-refractivity contribution in [2.75, 3.05) is 32.8 Å². The zero-order chi connectivity index (χ0) is 32.2. The molecule has 0 radical (unpaired) electrons. The van der Waals surface area contributed by atoms with E-state index >= 15 is 0 Å². The maximum atomic E-state index is 12.8. The van der Waals surface area contributed by atoms with Crippen LogP contribution in [0.5, 0.6) is 0 Å². The van der Waals surface area contributed by atoms with E-state index in [1.165, 1.54) is 58.3 Å². The molecule has 0 spiro atoms. The molecule has 0 heterocycles. The minimum atomic E-state index is -1.71. The first kappa shape index (κ1) is 41.3. The highest BCUT2D eigenvalue weighted by Crippen LogP contribution is 2.26. The van der Waals surface area contributed by atoms with Crippen LogP contribution in [0.15, 0.2) is 0 Å². The summed E-state index contributed by atoms with van der Waals surface area (Å²) in [7, 11) is 0. The van der Waals surface area contributed by atoms with Crippen LogP contribution in [0.2, 0.25) is 0 Å². The van der Waals surface area contributed by atoms with Crippen LogP contribution in [0.1, 0.15) is 162 Å². The van der Waals surface area contributed by atoms with Gasteiger partial charge in [-0.05, 0) is 65.0 Å². The zero-order valence-electron chi connectivity index (χ0n) is 28.1. The van der Waals surface area contributed by atoms with Gasteiger partial charge < -0.3 is 25.0 Å². The van der Waals surface area contributed by atoms with Crippen LogP contribution in [-0.4, -0.2) is 71.0 Å². The second-order valence-corrected chi connectivity index (χ2v) is 12.7. The van der Waals surface area contributed by atoms with Crippen LogP contribution >= 0.6 is 0 Å². The number of hydrogen-bond donors (Lipinski definition) is 3. The molecule has 3 N–H and O–H groups in total. The Morgan fingerprint density at radius 1 is 0.628 bits per heavy atom. The van der Waals surface area contributed by atoms with Crippen molar-refractivity contribution in [3.63, 3.8) is 0 Å². The normalized spacial score (nSPS) is 12.5. The van der Waals surface area contributed by atoms with Gasteiger partial charge >= 0.3 is 17.9 Å². The van der Waals surface area contributed by atoms with E-state index in [0.717, 1.165) is 96.7 Å². The van der Waals surface area contributed by atoms with Crippen LogP contribution in [0, 0.1) is 11.3 Å². The van der Waals surface area contributed by atoms with Gasteiger partial charge in [-0.25, -0.2) is 0 Å². The molecular formula is C35H67NO7. The van der Waals surface area contributed by atoms with Crippen LogP contribution in [-0.2, 0) is 19.1 Å². The number of nitrogens with zero attached hydrogens (tertiary/aromatic N) is 1. The van der Waals surface area contributed by atoms with Crippen molar-refractivity contribution in [2.24, 2.45) is 11.3 Å². The Balaban J connectivity index is 4.24. The van der Waals surface area contributed by atoms with Gasteiger partial charge in [0.15, 0.2) is 5.41 Å². The highest BCUT2D eigenvalue weighted by atomic mass is 16.5. The minimum absolute atomic E-state index is 0.00998. The van der Waals surface area contributed by atoms with Crippen LogP contribution in [0.4, 0.5) is 0 Å². The van der Waals surface area contributed by atoms with Crippen molar-refractivity contribution in [1.29, 1.82) is 0 Å². The molecule has 0 aromatic heterocycles. The average molecular weight is 614 g/mol. The summed E-state index contributed by atoms with van der Waals surface area (Å²) in [6.45, 7) is 9.15. The SMILES string of the molecule is CCCCCCCCC(CCCCCC)C(=O)OCCCCCCN(CCCO)CCCCCCC(C)(C(=O)O)C(=O)O. The monoisotopic (exact) mass is 613 g/mol. The van der Waals surface area contributed by atoms with E-state index in [1.807, 2.05) is 0 Å². The fourth-order valence-electron chi connectivity index (χ4n) is 5.55. The predicted molar refractivity (Wildman–Crippen MR) is 174 cm³/mol. The molecule has 0 aromatic carbocycles. The molecule has 0 aliphatic rings. The number of carboxylic acid groups (broad SMARTS) is 2. The Morgan fingerprint density at radius 3 is 1.60 bits per heavy atom. The van der Waals surface area contributed by atoms with Crippen molar-refractivity contribution in [3.05, 3.63) is 0 Å². The lowest BCUT2D eigenvalue weighted by Gasteiger charge is -2.22. The Bertz CT molecular complexity index is 686. The molecule has 43 heavy (non-hydrogen) atoms. The summed E-state index contributed by atoms with van der Waals surface area (Å²) in [5, 5.41) is 27.7. The first-order valence-electron chi connectivity index (χ1n) is 17.7. The third-order valence-corrected chi connectivity index (χ3v) is 8.74. The number of esters is 1. The molecule has 0 saturated heterocycles. The average Bonchev–Trinajstić information content (AvgIpc) is 2.98. The largest absolute Gasteiger partial charge is 0.480 e. The lowest BCUT2D eigenvalue weighted by atomic mass is 9.85. The van der Waals surface area contributed by atoms with Crippen molar-refractivity contribution in [1.82, 2.24) is 4.90 Å². The molecule has 254 valence electrons. The van der Waals surface area contributed by atoms with Gasteiger partial charge in [0.2, 0.25) is 0 Å². The van der Waals surface area contributed by atoms with E-state index in [0.29, 0.717) is 13.0 Å². The van der Waals surface area contributed by atoms with Crippen molar-refractivity contribution < 1.29 is 34.4 Å². The molecule has 8 heteroatoms. The second-order valence-electron chi connectivity index (χ2n) is 12.7. The molecule has 0 amide bonds. The first-order chi connectivity index (χ1) is 20.7. The molecular weight excluding hydrogens is 546 g/mol. The summed E-state index contributed by atoms with van der Waals surface area (Å²) in [4.78, 5) is 37.8. The number of aliphatic hydroxyl groups excluding tert-OH is 1. The molecule has 0 aliphatic heterocycles. The van der Waals surface area contributed by atoms with Gasteiger partial charge in [-0.2, -0.15) is 0 Å². The molecule has 0 aliphatic carbocycles. The van der Waals surface area contributed by atoms with E-state index < -0.39 is 17.4 Å². The Hall–Kier alpha value is -1.67. The van der Waals surface area contributed by atoms with Crippen LogP contribution in [0.25, 0.3) is 0 Å². The van der Waals surface area contributed by atoms with Gasteiger partial charge in [-0.15, -0.1) is 0 Å². The number of carbonyl (C=O) groups excluding carboxylic acids is 1. The highest BCUT2D eigenvalue weighted by molar-refractivity contribution is 5.97. The van der Waals surface area contributed by atoms with Gasteiger partial charge in [-0.3, -0.25) is 14.4 Å². The van der Waals surface area contributed by atoms with Crippen molar-refractivity contribution >= 4 is 17.9 Å². The van der Waals surface area contributed by atoms with Gasteiger partial charge in [0, 0.05) is 13.2 Å². The van der Waals surface area contributed by atoms with Gasteiger partial charge in [0.1, 0.15) is 0 Å². The molecule has 0 bridgehead atoms. The lowest BCUT2D eigenvalue weighted by molar-refractivity contribution is -0.164. The lowest BCUT2D eigenvalue weighted by Crippen LogP contribution is -2.36. The van der Waals surface area contributed by atoms with Crippen LogP contribution in [0.3, 0.4) is 0 Å². The molecule has 0 rings (SSSR count). The minimum Gasteiger partial charge on any atom is -0.480 e. The van der Waals surface area contributed by atoms with E-state index in [4.69, 9.17) is 4.74 Å². The fraction of sp³-hybridized carbons (Fsp3) is 0.914. The first-order valence-corrected chi connectivity index (χ1v) is 17.7. The summed E-state index contributed by atoms with van der Waals surface area (Å²) in [5.41, 5.74) is -1.71. The number of hydrogen-bond acceptors (Lipinski definition) is 6. The summed E-state index contributed by atoms with van der Waals surface area (Å²) < 4.78 is 5.73. The molecule has 1 unspecified atom stereocenters. The topological polar surface area (TPSA) is 124 Å². The summed E-state index contributed by atoms with van der Waals surface area (Å²) >= 11 is 0. The second kappa shape index (κ2) is 27.8. The van der Waals surface area contributed by atoms with Crippen molar-refractivity contribution in [2.45, 2.75) is 162 Å². The van der Waals surface area contributed by atoms with E-state index in [9.17, 15) is 29.7 Å². The standard InChI is InChI=1S/C35H67NO7/c1-4-6-8-10-11-17-24-31(23-16-9-7-5-2)32(38)43-30-21-15-14-20-27-36(28-22-29-37)26-19-13-12-18-25-35(3,33(39)40)34(41)42/h31,37H,4-30H2,1-3H3,(H,39,40)(H,41,42). The third-order valence-electron chi connectivity index (χ3n) is 8.74. The number of unbranched alkanes of at least 4 members (excludes halogenated alkanes) is 14. The molecule has 8 nitrogen and oxygen atoms in total. The number of carboxylic acids is 2. The summed E-state index contributed by atoms with van der Waals surface area (Å²) in [6, 6.07) is 0. The molecule has 0 fully saturated rings. The quantitative estimate of drug-likeness (QED) is 0.0394. The summed E-state index contributed by atoms with van der Waals surface area (Å²) in [6.07, 6.45) is 22.4. The molecule has 0 saturated carbocycles. The molecule has 1 atom stereocenters. The molecule has 0 aromatic rings. The number of rotatable bonds is 32. The van der Waals surface area contributed by atoms with E-state index in [-0.39, 0.29) is 24.9 Å². The number of ether oxygens (including phenoxy) is 1. The fourth-order valence-corrected chi connectivity index (χ4v) is 5.55. The predicted octanol–water partition coefficient (Wildman–Crippen LogP) is 8.24. The Labute approximate surface area is 263 Å².